The fraction of sp³-hybridized carbons (Fsp3) is 1.00. The fourth-order valence-electron chi connectivity index (χ4n) is 16.7. The summed E-state index contributed by atoms with van der Waals surface area (Å²) in [6, 6.07) is 0. The van der Waals surface area contributed by atoms with Crippen LogP contribution in [0.4, 0.5) is 0 Å². The second-order valence-electron chi connectivity index (χ2n) is 27.5. The predicted octanol–water partition coefficient (Wildman–Crippen LogP) is -3.02. The minimum atomic E-state index is -1.34. The third kappa shape index (κ3) is 19.8. The van der Waals surface area contributed by atoms with Gasteiger partial charge < -0.3 is 190 Å². The van der Waals surface area contributed by atoms with Crippen LogP contribution in [0, 0.1) is 0 Å². The number of aliphatic hydroxyl groups is 2. The zero-order valence-electron chi connectivity index (χ0n) is 67.2. The highest BCUT2D eigenvalue weighted by Gasteiger charge is 2.63. The Labute approximate surface area is 643 Å². The lowest BCUT2D eigenvalue weighted by Gasteiger charge is -2.53. The fourth-order valence-corrected chi connectivity index (χ4v) is 16.7. The van der Waals surface area contributed by atoms with E-state index in [4.69, 9.17) is 180 Å². The van der Waals surface area contributed by atoms with E-state index in [-0.39, 0.29) is 39.6 Å². The average Bonchev–Trinajstić information content (AvgIpc) is 0.764. The Balaban J connectivity index is 1.11. The van der Waals surface area contributed by atoms with E-state index in [0.29, 0.717) is 0 Å². The molecule has 30 aliphatic heterocycles. The Morgan fingerprint density at radius 1 is 0.155 bits per heavy atom. The quantitative estimate of drug-likeness (QED) is 0.0723. The molecule has 30 saturated heterocycles. The normalized spacial score (nSPS) is 46.7. The van der Waals surface area contributed by atoms with Gasteiger partial charge in [0, 0.05) is 156 Å². The lowest BCUT2D eigenvalue weighted by molar-refractivity contribution is -0.409. The Morgan fingerprint density at radius 2 is 0.264 bits per heavy atom. The number of aliphatic hydroxyl groups excluding tert-OH is 2. The first-order valence-corrected chi connectivity index (χ1v) is 36.6. The highest BCUT2D eigenvalue weighted by atomic mass is 16.8. The summed E-state index contributed by atoms with van der Waals surface area (Å²) in [5, 5.41) is 22.7. The van der Waals surface area contributed by atoms with Crippen LogP contribution in [-0.2, 0) is 180 Å². The summed E-state index contributed by atoms with van der Waals surface area (Å²) in [6.45, 7) is -1.79. The lowest BCUT2D eigenvalue weighted by Crippen LogP contribution is -2.70. The first-order valence-electron chi connectivity index (χ1n) is 36.6. The van der Waals surface area contributed by atoms with E-state index in [0.717, 1.165) is 0 Å². The molecule has 16 bridgehead atoms. The smallest absolute Gasteiger partial charge is 0.187 e. The van der Waals surface area contributed by atoms with E-state index in [1.165, 1.54) is 156 Å². The van der Waals surface area contributed by atoms with Crippen LogP contribution < -0.4 is 0 Å². The molecule has 40 heteroatoms. The zero-order valence-corrected chi connectivity index (χ0v) is 67.2. The maximum absolute atomic E-state index is 11.4. The van der Waals surface area contributed by atoms with Crippen molar-refractivity contribution in [2.24, 2.45) is 0 Å². The standard InChI is InChI=1S/C70H124O40/c1-73-25-33-41-49(81-9)59(91-19)67(99-33)107-43-35(27-75-3)97-65(57(89-17)51(43)83-11)103-39-31(23-71)96-64(56(88-16)47(39)79-7)106-42-34(26-74-2)100-68(60(92-20)50(42)82-10)109-45-37(29-77-5)102-70(62(94-22)53(45)85-13)110-46-38(30-78-6)101-69(61(93-21)54(46)86-14)108-44-36(28-76-4)98-66(58(90-18)52(44)84-12)104-40-32(24-72)95-63(105-41)55(87-15)48(40)80-8/h31-72H,23-30H2,1-22H3/t31-,32-,33-,34-,35+,36-,37-,38-,39-,40-,41-,42-,43-,44-,45-,46-,47+,48+,49+,50+,51+,52-,53+,54+,55-,56-,57-,58-,59-,60-,61-,62-,63-,64-,65-,66-,67-,68-,69-,70-/m1/s1. The molecule has 0 saturated carbocycles. The van der Waals surface area contributed by atoms with Gasteiger partial charge in [0.05, 0.1) is 52.9 Å². The molecule has 0 aliphatic carbocycles. The van der Waals surface area contributed by atoms with Crippen molar-refractivity contribution in [2.75, 3.05) is 209 Å². The molecule has 0 aromatic heterocycles. The first-order chi connectivity index (χ1) is 53.5. The van der Waals surface area contributed by atoms with Crippen molar-refractivity contribution in [3.63, 3.8) is 0 Å². The second kappa shape index (κ2) is 45.0. The van der Waals surface area contributed by atoms with Crippen LogP contribution in [0.5, 0.6) is 0 Å². The maximum atomic E-state index is 11.4. The van der Waals surface area contributed by atoms with E-state index >= 15 is 0 Å². The topological polar surface area (TPSA) is 391 Å². The molecule has 30 fully saturated rings. The Morgan fingerprint density at radius 3 is 0.364 bits per heavy atom. The van der Waals surface area contributed by atoms with Crippen LogP contribution in [0.1, 0.15) is 0 Å². The molecule has 0 spiro atoms. The molecule has 0 unspecified atom stereocenters. The van der Waals surface area contributed by atoms with Gasteiger partial charge in [0.2, 0.25) is 0 Å². The molecule has 644 valence electrons. The van der Waals surface area contributed by atoms with Gasteiger partial charge in [-0.3, -0.25) is 0 Å². The number of rotatable bonds is 30. The summed E-state index contributed by atoms with van der Waals surface area (Å²) in [5.41, 5.74) is 0. The number of methoxy groups -OCH3 is 22. The van der Waals surface area contributed by atoms with E-state index in [1.54, 1.807) is 0 Å². The van der Waals surface area contributed by atoms with Gasteiger partial charge in [-0.25, -0.2) is 0 Å². The van der Waals surface area contributed by atoms with Gasteiger partial charge in [0.1, 0.15) is 195 Å². The molecule has 40 nitrogen and oxygen atoms in total. The van der Waals surface area contributed by atoms with Gasteiger partial charge in [0.15, 0.2) is 50.3 Å². The van der Waals surface area contributed by atoms with Crippen molar-refractivity contribution in [3.8, 4) is 0 Å². The summed E-state index contributed by atoms with van der Waals surface area (Å²) >= 11 is 0. The average molecular weight is 1610 g/mol. The summed E-state index contributed by atoms with van der Waals surface area (Å²) < 4.78 is 245. The van der Waals surface area contributed by atoms with Crippen molar-refractivity contribution in [1.29, 1.82) is 0 Å². The van der Waals surface area contributed by atoms with Gasteiger partial charge in [0.25, 0.3) is 0 Å². The van der Waals surface area contributed by atoms with Gasteiger partial charge in [-0.15, -0.1) is 0 Å². The van der Waals surface area contributed by atoms with Gasteiger partial charge >= 0.3 is 0 Å². The SMILES string of the molecule is COC[C@@H]1O[C@@H]2O[C@H]3[C@H](OC)[C@@H](OC)[C@@H](O[C@H]4[C@H](OC)[C@@H](OC)[C@@H](O[C@H]5[C@H](OC)[C@@H](OC)[C@@H](O[C@H]6[C@H](OC)[C@@H](OC)[C@@H](O[C@H]7[C@@H](OC)[C@@H](OC)[C@@H](O[C@H]8[C@H](OC)[C@@H](OC)[C@@H](O[C@H]9[C@H](OC)[C@@H](OC)[C@@H](O[C@H]1[C@H](OC)[C@H]2OC)O[C@@H]9COC)O[C@@H]8CO)O[C@@H]7COC)O[C@@H]6COC)O[C@@H]5COC)O[C@@H]4COC)O[C@@H]3CO. The molecule has 2 N–H and O–H groups in total. The zero-order chi connectivity index (χ0) is 79.6. The molecule has 30 aliphatic rings. The summed E-state index contributed by atoms with van der Waals surface area (Å²) in [4.78, 5) is 0. The maximum Gasteiger partial charge on any atom is 0.187 e. The number of hydrogen-bond acceptors (Lipinski definition) is 40. The van der Waals surface area contributed by atoms with Crippen LogP contribution in [0.2, 0.25) is 0 Å². The van der Waals surface area contributed by atoms with Gasteiger partial charge in [-0.05, 0) is 0 Å². The number of hydrogen-bond donors (Lipinski definition) is 2. The highest BCUT2D eigenvalue weighted by Crippen LogP contribution is 2.44. The number of ether oxygens (including phenoxy) is 38. The third-order valence-electron chi connectivity index (χ3n) is 21.8. The molecule has 30 rings (SSSR count). The van der Waals surface area contributed by atoms with Gasteiger partial charge in [-0.2, -0.15) is 0 Å². The van der Waals surface area contributed by atoms with Crippen LogP contribution in [0.25, 0.3) is 0 Å². The molecular weight excluding hydrogens is 1480 g/mol. The largest absolute Gasteiger partial charge is 0.394 e. The van der Waals surface area contributed by atoms with Crippen LogP contribution in [0.3, 0.4) is 0 Å². The third-order valence-corrected chi connectivity index (χ3v) is 21.8. The van der Waals surface area contributed by atoms with Crippen molar-refractivity contribution < 1.29 is 190 Å². The van der Waals surface area contributed by atoms with E-state index < -0.39 is 259 Å². The minimum absolute atomic E-state index is 0.0760. The molecule has 0 aromatic carbocycles. The van der Waals surface area contributed by atoms with Crippen LogP contribution in [0.15, 0.2) is 0 Å². The summed E-state index contributed by atoms with van der Waals surface area (Å²) in [6.07, 6.45) is -44.5. The van der Waals surface area contributed by atoms with Gasteiger partial charge in [-0.1, -0.05) is 0 Å². The minimum Gasteiger partial charge on any atom is -0.394 e. The molecule has 0 aromatic rings. The highest BCUT2D eigenvalue weighted by molar-refractivity contribution is 5.05. The first kappa shape index (κ1) is 92.3. The Bertz CT molecular complexity index is 2530. The Kier molecular flexibility index (Phi) is 37.7. The van der Waals surface area contributed by atoms with E-state index in [9.17, 15) is 10.2 Å². The lowest BCUT2D eigenvalue weighted by atomic mass is 9.94. The van der Waals surface area contributed by atoms with Crippen LogP contribution in [-0.4, -0.2) is 465 Å². The molecule has 110 heavy (non-hydrogen) atoms. The van der Waals surface area contributed by atoms with Crippen molar-refractivity contribution >= 4 is 0 Å². The van der Waals surface area contributed by atoms with Crippen molar-refractivity contribution in [1.82, 2.24) is 0 Å². The van der Waals surface area contributed by atoms with Crippen LogP contribution >= 0.6 is 0 Å². The molecule has 0 radical (unpaired) electrons. The molecule has 30 heterocycles. The second-order valence-corrected chi connectivity index (χ2v) is 27.5. The Hall–Kier alpha value is -1.60. The molecule has 0 amide bonds. The molecular formula is C70H124O40. The van der Waals surface area contributed by atoms with E-state index in [2.05, 4.69) is 0 Å². The predicted molar refractivity (Wildman–Crippen MR) is 366 cm³/mol. The molecule has 40 atom stereocenters. The summed E-state index contributed by atoms with van der Waals surface area (Å²) in [5.74, 6) is 0. The van der Waals surface area contributed by atoms with E-state index in [1.807, 2.05) is 0 Å². The van der Waals surface area contributed by atoms with Crippen molar-refractivity contribution in [3.05, 3.63) is 0 Å². The summed E-state index contributed by atoms with van der Waals surface area (Å²) in [7, 11) is 32.4. The van der Waals surface area contributed by atoms with Crippen molar-refractivity contribution in [2.45, 2.75) is 246 Å². The monoisotopic (exact) mass is 1600 g/mol.